The van der Waals surface area contributed by atoms with E-state index < -0.39 is 0 Å². The monoisotopic (exact) mass is 159 g/mol. The lowest BCUT2D eigenvalue weighted by molar-refractivity contribution is -0.140. The SMILES string of the molecule is CNN(NC)C(=O)CC(C)=O. The summed E-state index contributed by atoms with van der Waals surface area (Å²) in [5.74, 6) is -0.437. The van der Waals surface area contributed by atoms with Gasteiger partial charge >= 0.3 is 0 Å². The molecule has 0 bridgehead atoms. The second kappa shape index (κ2) is 4.81. The maximum atomic E-state index is 11.0. The van der Waals surface area contributed by atoms with Gasteiger partial charge in [-0.2, -0.15) is 0 Å². The highest BCUT2D eigenvalue weighted by atomic mass is 16.2. The number of nitrogens with zero attached hydrogens (tertiary/aromatic N) is 1. The summed E-state index contributed by atoms with van der Waals surface area (Å²) in [4.78, 5) is 21.5. The average Bonchev–Trinajstić information content (AvgIpc) is 1.88. The van der Waals surface area contributed by atoms with Crippen LogP contribution in [0.4, 0.5) is 0 Å². The van der Waals surface area contributed by atoms with E-state index in [1.165, 1.54) is 6.92 Å². The first kappa shape index (κ1) is 10.1. The minimum absolute atomic E-state index is 0.0817. The molecule has 0 radical (unpaired) electrons. The van der Waals surface area contributed by atoms with E-state index in [2.05, 4.69) is 10.9 Å². The normalized spacial score (nSPS) is 9.36. The second-order valence-electron chi connectivity index (χ2n) is 2.06. The molecule has 0 unspecified atom stereocenters. The van der Waals surface area contributed by atoms with E-state index in [0.29, 0.717) is 0 Å². The van der Waals surface area contributed by atoms with Crippen molar-refractivity contribution in [1.29, 1.82) is 0 Å². The molecule has 0 aromatic carbocycles. The van der Waals surface area contributed by atoms with E-state index in [9.17, 15) is 9.59 Å². The van der Waals surface area contributed by atoms with Gasteiger partial charge < -0.3 is 0 Å². The molecule has 0 aliphatic heterocycles. The zero-order valence-corrected chi connectivity index (χ0v) is 6.97. The van der Waals surface area contributed by atoms with Crippen LogP contribution in [0.5, 0.6) is 0 Å². The average molecular weight is 159 g/mol. The third-order valence-corrected chi connectivity index (χ3v) is 1.10. The Morgan fingerprint density at radius 1 is 1.27 bits per heavy atom. The van der Waals surface area contributed by atoms with Crippen LogP contribution in [0.1, 0.15) is 13.3 Å². The Kier molecular flexibility index (Phi) is 4.40. The van der Waals surface area contributed by atoms with Crippen LogP contribution in [-0.4, -0.2) is 30.9 Å². The molecule has 0 spiro atoms. The van der Waals surface area contributed by atoms with Crippen molar-refractivity contribution in [3.63, 3.8) is 0 Å². The second-order valence-corrected chi connectivity index (χ2v) is 2.06. The lowest BCUT2D eigenvalue weighted by Gasteiger charge is -2.18. The van der Waals surface area contributed by atoms with Gasteiger partial charge in [0, 0.05) is 14.1 Å². The number of Topliss-reactive ketones (excluding diaryl/α,β-unsaturated/α-hetero) is 1. The first-order valence-electron chi connectivity index (χ1n) is 3.29. The molecule has 0 aliphatic rings. The highest BCUT2D eigenvalue weighted by Gasteiger charge is 2.11. The van der Waals surface area contributed by atoms with Gasteiger partial charge in [-0.25, -0.2) is 16.0 Å². The Morgan fingerprint density at radius 2 is 1.73 bits per heavy atom. The number of amides is 1. The number of ketones is 1. The number of carbonyl (C=O) groups excluding carboxylic acids is 2. The minimum Gasteiger partial charge on any atom is -0.299 e. The molecule has 0 saturated carbocycles. The minimum atomic E-state index is -0.289. The zero-order chi connectivity index (χ0) is 8.85. The van der Waals surface area contributed by atoms with E-state index in [0.717, 1.165) is 5.12 Å². The van der Waals surface area contributed by atoms with E-state index in [-0.39, 0.29) is 18.1 Å². The Labute approximate surface area is 65.7 Å². The smallest absolute Gasteiger partial charge is 0.258 e. The number of hydrazine groups is 2. The standard InChI is InChI=1S/C6H13N3O2/c1-5(10)4-6(11)9(7-2)8-3/h7-8H,4H2,1-3H3. The molecule has 1 amide bonds. The Morgan fingerprint density at radius 3 is 2.00 bits per heavy atom. The largest absolute Gasteiger partial charge is 0.299 e. The number of rotatable bonds is 4. The molecular formula is C6H13N3O2. The van der Waals surface area contributed by atoms with Gasteiger partial charge in [-0.1, -0.05) is 0 Å². The van der Waals surface area contributed by atoms with Crippen LogP contribution in [0.2, 0.25) is 0 Å². The molecule has 0 atom stereocenters. The molecule has 0 aromatic rings. The molecule has 0 fully saturated rings. The molecule has 0 heterocycles. The van der Waals surface area contributed by atoms with Crippen molar-refractivity contribution in [3.8, 4) is 0 Å². The molecule has 5 nitrogen and oxygen atoms in total. The maximum Gasteiger partial charge on any atom is 0.258 e. The van der Waals surface area contributed by atoms with Crippen molar-refractivity contribution >= 4 is 11.7 Å². The maximum absolute atomic E-state index is 11.0. The first-order valence-corrected chi connectivity index (χ1v) is 3.29. The van der Waals surface area contributed by atoms with Crippen LogP contribution in [-0.2, 0) is 9.59 Å². The van der Waals surface area contributed by atoms with Crippen LogP contribution < -0.4 is 10.9 Å². The number of nitrogens with one attached hydrogen (secondary N) is 2. The van der Waals surface area contributed by atoms with Crippen LogP contribution in [0.25, 0.3) is 0 Å². The Bertz CT molecular complexity index is 154. The van der Waals surface area contributed by atoms with Crippen molar-refractivity contribution in [2.75, 3.05) is 14.1 Å². The highest BCUT2D eigenvalue weighted by molar-refractivity contribution is 5.96. The van der Waals surface area contributed by atoms with Crippen LogP contribution >= 0.6 is 0 Å². The molecular weight excluding hydrogens is 146 g/mol. The molecule has 0 saturated heterocycles. The lowest BCUT2D eigenvalue weighted by atomic mass is 10.3. The quantitative estimate of drug-likeness (QED) is 0.410. The van der Waals surface area contributed by atoms with Crippen LogP contribution in [0.15, 0.2) is 0 Å². The van der Waals surface area contributed by atoms with Gasteiger partial charge in [-0.15, -0.1) is 0 Å². The van der Waals surface area contributed by atoms with Gasteiger partial charge in [0.1, 0.15) is 5.78 Å². The van der Waals surface area contributed by atoms with E-state index in [1.807, 2.05) is 0 Å². The van der Waals surface area contributed by atoms with E-state index in [1.54, 1.807) is 14.1 Å². The van der Waals surface area contributed by atoms with Crippen molar-refractivity contribution < 1.29 is 9.59 Å². The van der Waals surface area contributed by atoms with Crippen LogP contribution in [0, 0.1) is 0 Å². The van der Waals surface area contributed by atoms with Crippen molar-refractivity contribution in [1.82, 2.24) is 16.0 Å². The predicted molar refractivity (Wildman–Crippen MR) is 40.3 cm³/mol. The summed E-state index contributed by atoms with van der Waals surface area (Å²) in [6.45, 7) is 1.38. The third-order valence-electron chi connectivity index (χ3n) is 1.10. The summed E-state index contributed by atoms with van der Waals surface area (Å²) in [5, 5.41) is 1.15. The molecule has 5 heteroatoms. The Hall–Kier alpha value is -0.940. The molecule has 64 valence electrons. The highest BCUT2D eigenvalue weighted by Crippen LogP contribution is 1.86. The van der Waals surface area contributed by atoms with Crippen molar-refractivity contribution in [2.45, 2.75) is 13.3 Å². The van der Waals surface area contributed by atoms with E-state index >= 15 is 0 Å². The molecule has 0 rings (SSSR count). The zero-order valence-electron chi connectivity index (χ0n) is 6.97. The summed E-state index contributed by atoms with van der Waals surface area (Å²) < 4.78 is 0. The lowest BCUT2D eigenvalue weighted by Crippen LogP contribution is -2.48. The summed E-state index contributed by atoms with van der Waals surface area (Å²) >= 11 is 0. The fourth-order valence-corrected chi connectivity index (χ4v) is 0.653. The number of hydrogen-bond acceptors (Lipinski definition) is 4. The van der Waals surface area contributed by atoms with E-state index in [4.69, 9.17) is 0 Å². The van der Waals surface area contributed by atoms with Gasteiger partial charge in [-0.3, -0.25) is 9.59 Å². The summed E-state index contributed by atoms with van der Waals surface area (Å²) in [6, 6.07) is 0. The summed E-state index contributed by atoms with van der Waals surface area (Å²) in [6.07, 6.45) is -0.0817. The van der Waals surface area contributed by atoms with Gasteiger partial charge in [0.2, 0.25) is 0 Å². The van der Waals surface area contributed by atoms with Crippen molar-refractivity contribution in [3.05, 3.63) is 0 Å². The summed E-state index contributed by atoms with van der Waals surface area (Å²) in [7, 11) is 3.18. The van der Waals surface area contributed by atoms with Crippen molar-refractivity contribution in [2.24, 2.45) is 0 Å². The third kappa shape index (κ3) is 3.69. The van der Waals surface area contributed by atoms with Gasteiger partial charge in [0.05, 0.1) is 6.42 Å². The summed E-state index contributed by atoms with van der Waals surface area (Å²) in [5.41, 5.74) is 5.15. The van der Waals surface area contributed by atoms with Gasteiger partial charge in [0.15, 0.2) is 0 Å². The molecule has 0 aromatic heterocycles. The fraction of sp³-hybridized carbons (Fsp3) is 0.667. The molecule has 11 heavy (non-hydrogen) atoms. The topological polar surface area (TPSA) is 61.4 Å². The number of hydrogen-bond donors (Lipinski definition) is 2. The van der Waals surface area contributed by atoms with Gasteiger partial charge in [0.25, 0.3) is 5.91 Å². The van der Waals surface area contributed by atoms with Crippen LogP contribution in [0.3, 0.4) is 0 Å². The van der Waals surface area contributed by atoms with Gasteiger partial charge in [-0.05, 0) is 6.92 Å². The molecule has 2 N–H and O–H groups in total. The molecule has 0 aliphatic carbocycles. The fourth-order valence-electron chi connectivity index (χ4n) is 0.653. The number of carbonyl (C=O) groups is 2. The first-order chi connectivity index (χ1) is 5.11. The Balaban J connectivity index is 3.89. The predicted octanol–water partition coefficient (Wildman–Crippen LogP) is -0.937.